The molecule has 0 radical (unpaired) electrons. The number of imidazole rings is 1. The van der Waals surface area contributed by atoms with Gasteiger partial charge >= 0.3 is 0 Å². The van der Waals surface area contributed by atoms with E-state index in [0.717, 1.165) is 22.0 Å². The van der Waals surface area contributed by atoms with Crippen LogP contribution in [-0.2, 0) is 17.7 Å². The maximum atomic E-state index is 10.4. The number of fused-ring (bicyclic) bond motifs is 2. The SMILES string of the molecule is OC[C@H]1O[C@@H](n2cnc3c(NCCc4cn(Cc5c(Cl)cccc5Cl)c5ccccc45)ncnc32)[C@H](O)[C@@H]1O. The van der Waals surface area contributed by atoms with E-state index in [1.165, 1.54) is 12.7 Å². The second kappa shape index (κ2) is 10.7. The second-order valence-electron chi connectivity index (χ2n) is 9.45. The summed E-state index contributed by atoms with van der Waals surface area (Å²) in [7, 11) is 0. The summed E-state index contributed by atoms with van der Waals surface area (Å²) in [4.78, 5) is 13.1. The highest BCUT2D eigenvalue weighted by atomic mass is 35.5. The number of nitrogens with zero attached hydrogens (tertiary/aromatic N) is 5. The average Bonchev–Trinajstić information content (AvgIpc) is 3.61. The van der Waals surface area contributed by atoms with Crippen LogP contribution in [0, 0.1) is 0 Å². The summed E-state index contributed by atoms with van der Waals surface area (Å²) < 4.78 is 9.34. The lowest BCUT2D eigenvalue weighted by molar-refractivity contribution is -0.0511. The molecule has 2 aromatic carbocycles. The Kier molecular flexibility index (Phi) is 7.15. The number of aromatic nitrogens is 5. The molecule has 1 fully saturated rings. The lowest BCUT2D eigenvalue weighted by atomic mass is 10.1. The van der Waals surface area contributed by atoms with Gasteiger partial charge in [-0.05, 0) is 30.2 Å². The first kappa shape index (κ1) is 26.0. The Hall–Kier alpha value is -3.25. The molecule has 1 aliphatic rings. The number of benzene rings is 2. The van der Waals surface area contributed by atoms with E-state index >= 15 is 0 Å². The molecule has 1 saturated heterocycles. The number of rotatable bonds is 8. The van der Waals surface area contributed by atoms with Crippen molar-refractivity contribution in [2.24, 2.45) is 0 Å². The topological polar surface area (TPSA) is 130 Å². The maximum Gasteiger partial charge on any atom is 0.167 e. The maximum absolute atomic E-state index is 10.4. The van der Waals surface area contributed by atoms with Crippen molar-refractivity contribution >= 4 is 51.1 Å². The van der Waals surface area contributed by atoms with Crippen molar-refractivity contribution < 1.29 is 20.1 Å². The monoisotopic (exact) mass is 568 g/mol. The summed E-state index contributed by atoms with van der Waals surface area (Å²) in [5.74, 6) is 0.539. The van der Waals surface area contributed by atoms with Crippen molar-refractivity contribution in [1.29, 1.82) is 0 Å². The molecule has 39 heavy (non-hydrogen) atoms. The Morgan fingerprint density at radius 1 is 0.974 bits per heavy atom. The average molecular weight is 569 g/mol. The van der Waals surface area contributed by atoms with Gasteiger partial charge in [0.1, 0.15) is 24.6 Å². The van der Waals surface area contributed by atoms with Crippen LogP contribution in [0.3, 0.4) is 0 Å². The van der Waals surface area contributed by atoms with Gasteiger partial charge in [0.25, 0.3) is 0 Å². The molecule has 0 spiro atoms. The Bertz CT molecular complexity index is 1620. The molecule has 4 N–H and O–H groups in total. The van der Waals surface area contributed by atoms with Crippen LogP contribution in [0.15, 0.2) is 61.3 Å². The summed E-state index contributed by atoms with van der Waals surface area (Å²) in [6.07, 6.45) is 1.46. The van der Waals surface area contributed by atoms with Gasteiger partial charge in [-0.2, -0.15) is 0 Å². The fraction of sp³-hybridized carbons (Fsp3) is 0.296. The van der Waals surface area contributed by atoms with Gasteiger partial charge in [0, 0.05) is 39.3 Å². The van der Waals surface area contributed by atoms with E-state index in [-0.39, 0.29) is 0 Å². The van der Waals surface area contributed by atoms with Crippen LogP contribution in [-0.4, -0.2) is 70.9 Å². The predicted octanol–water partition coefficient (Wildman–Crippen LogP) is 3.40. The van der Waals surface area contributed by atoms with E-state index in [4.69, 9.17) is 27.9 Å². The summed E-state index contributed by atoms with van der Waals surface area (Å²) in [6.45, 7) is 0.718. The summed E-state index contributed by atoms with van der Waals surface area (Å²) in [5, 5.41) is 35.7. The zero-order valence-electron chi connectivity index (χ0n) is 20.7. The van der Waals surface area contributed by atoms with E-state index in [2.05, 4.69) is 43.2 Å². The molecule has 1 aliphatic heterocycles. The molecule has 12 heteroatoms. The Morgan fingerprint density at radius 2 is 1.77 bits per heavy atom. The first-order valence-corrected chi connectivity index (χ1v) is 13.3. The smallest absolute Gasteiger partial charge is 0.167 e. The number of nitrogens with one attached hydrogen (secondary N) is 1. The Labute approximate surface area is 233 Å². The molecule has 0 amide bonds. The van der Waals surface area contributed by atoms with Gasteiger partial charge in [-0.15, -0.1) is 0 Å². The second-order valence-corrected chi connectivity index (χ2v) is 10.3. The Morgan fingerprint density at radius 3 is 2.54 bits per heavy atom. The molecule has 0 bridgehead atoms. The van der Waals surface area contributed by atoms with Gasteiger partial charge < -0.3 is 29.9 Å². The van der Waals surface area contributed by atoms with Crippen LogP contribution in [0.2, 0.25) is 10.0 Å². The van der Waals surface area contributed by atoms with E-state index < -0.39 is 31.1 Å². The predicted molar refractivity (Wildman–Crippen MR) is 148 cm³/mol. The highest BCUT2D eigenvalue weighted by Crippen LogP contribution is 2.32. The number of ether oxygens (including phenoxy) is 1. The molecule has 10 nitrogen and oxygen atoms in total. The summed E-state index contributed by atoms with van der Waals surface area (Å²) in [5.41, 5.74) is 4.06. The van der Waals surface area contributed by atoms with Crippen LogP contribution in [0.25, 0.3) is 22.1 Å². The molecule has 6 rings (SSSR count). The molecule has 0 unspecified atom stereocenters. The lowest BCUT2D eigenvalue weighted by Crippen LogP contribution is -2.33. The van der Waals surface area contributed by atoms with E-state index in [1.54, 1.807) is 4.57 Å². The van der Waals surface area contributed by atoms with Gasteiger partial charge in [-0.3, -0.25) is 4.57 Å². The highest BCUT2D eigenvalue weighted by Gasteiger charge is 2.44. The van der Waals surface area contributed by atoms with E-state index in [1.807, 2.05) is 30.3 Å². The third kappa shape index (κ3) is 4.73. The van der Waals surface area contributed by atoms with Crippen molar-refractivity contribution in [3.8, 4) is 0 Å². The van der Waals surface area contributed by atoms with Crippen LogP contribution >= 0.6 is 23.2 Å². The van der Waals surface area contributed by atoms with E-state index in [9.17, 15) is 15.3 Å². The zero-order valence-corrected chi connectivity index (χ0v) is 22.2. The first-order valence-electron chi connectivity index (χ1n) is 12.5. The number of aliphatic hydroxyl groups is 3. The number of hydrogen-bond donors (Lipinski definition) is 4. The van der Waals surface area contributed by atoms with Crippen LogP contribution in [0.5, 0.6) is 0 Å². The number of hydrogen-bond acceptors (Lipinski definition) is 8. The lowest BCUT2D eigenvalue weighted by Gasteiger charge is -2.16. The molecule has 4 heterocycles. The summed E-state index contributed by atoms with van der Waals surface area (Å²) in [6, 6.07) is 13.7. The molecule has 0 aliphatic carbocycles. The van der Waals surface area contributed by atoms with E-state index in [0.29, 0.717) is 46.5 Å². The molecule has 3 aromatic heterocycles. The van der Waals surface area contributed by atoms with Crippen molar-refractivity contribution in [3.63, 3.8) is 0 Å². The third-order valence-electron chi connectivity index (χ3n) is 7.10. The first-order chi connectivity index (χ1) is 19.0. The minimum absolute atomic E-state index is 0.412. The van der Waals surface area contributed by atoms with Crippen LogP contribution < -0.4 is 5.32 Å². The molecular formula is C27H26Cl2N6O4. The minimum Gasteiger partial charge on any atom is -0.394 e. The largest absolute Gasteiger partial charge is 0.394 e. The molecular weight excluding hydrogens is 543 g/mol. The number of anilines is 1. The van der Waals surface area contributed by atoms with Gasteiger partial charge in [0.15, 0.2) is 23.2 Å². The number of aliphatic hydroxyl groups excluding tert-OH is 3. The minimum atomic E-state index is -1.23. The van der Waals surface area contributed by atoms with Gasteiger partial charge in [0.2, 0.25) is 0 Å². The normalized spacial score (nSPS) is 21.3. The zero-order chi connectivity index (χ0) is 27.1. The Balaban J connectivity index is 1.22. The van der Waals surface area contributed by atoms with Crippen molar-refractivity contribution in [1.82, 2.24) is 24.1 Å². The number of halogens is 2. The third-order valence-corrected chi connectivity index (χ3v) is 7.81. The van der Waals surface area contributed by atoms with Gasteiger partial charge in [-0.1, -0.05) is 47.5 Å². The fourth-order valence-corrected chi connectivity index (χ4v) is 5.62. The van der Waals surface area contributed by atoms with Crippen LogP contribution in [0.4, 0.5) is 5.82 Å². The highest BCUT2D eigenvalue weighted by molar-refractivity contribution is 6.36. The standard InChI is InChI=1S/C27H26Cl2N6O4/c28-18-5-3-6-19(29)17(18)11-34-10-15(16-4-1-2-7-20(16)34)8-9-30-25-22-26(32-13-31-25)35(14-33-22)27-24(38)23(37)21(12-36)39-27/h1-7,10,13-14,21,23-24,27,36-38H,8-9,11-12H2,(H,30,31,32)/t21-,23-,24-,27-/m1/s1. The molecule has 4 atom stereocenters. The van der Waals surface area contributed by atoms with Gasteiger partial charge in [0.05, 0.1) is 19.5 Å². The molecule has 5 aromatic rings. The molecule has 0 saturated carbocycles. The van der Waals surface area contributed by atoms with Crippen LogP contribution in [0.1, 0.15) is 17.4 Å². The van der Waals surface area contributed by atoms with Crippen molar-refractivity contribution in [2.45, 2.75) is 37.5 Å². The number of para-hydroxylation sites is 1. The summed E-state index contributed by atoms with van der Waals surface area (Å²) >= 11 is 12.9. The fourth-order valence-electron chi connectivity index (χ4n) is 5.10. The molecule has 202 valence electrons. The van der Waals surface area contributed by atoms with Crippen molar-refractivity contribution in [2.75, 3.05) is 18.5 Å². The van der Waals surface area contributed by atoms with Crippen molar-refractivity contribution in [3.05, 3.63) is 82.5 Å². The quantitative estimate of drug-likeness (QED) is 0.224. The van der Waals surface area contributed by atoms with Gasteiger partial charge in [-0.25, -0.2) is 15.0 Å².